The number of aliphatic hydroxyl groups excluding tert-OH is 2. The van der Waals surface area contributed by atoms with Crippen LogP contribution in [0.15, 0.2) is 0 Å². The third kappa shape index (κ3) is 3.39. The van der Waals surface area contributed by atoms with Crippen molar-refractivity contribution < 1.29 is 24.4 Å². The first kappa shape index (κ1) is 12.9. The Morgan fingerprint density at radius 3 is 1.67 bits per heavy atom. The first-order valence-electron chi connectivity index (χ1n) is 5.37. The zero-order chi connectivity index (χ0) is 11.3. The summed E-state index contributed by atoms with van der Waals surface area (Å²) in [7, 11) is 0. The van der Waals surface area contributed by atoms with Gasteiger partial charge in [0.2, 0.25) is 0 Å². The zero-order valence-electron chi connectivity index (χ0n) is 9.26. The smallest absolute Gasteiger partial charge is 0.114 e. The minimum atomic E-state index is -0.554. The molecule has 0 bridgehead atoms. The van der Waals surface area contributed by atoms with Crippen LogP contribution in [0.5, 0.6) is 0 Å². The summed E-state index contributed by atoms with van der Waals surface area (Å²) < 4.78 is 15.0. The fourth-order valence-corrected chi connectivity index (χ4v) is 1.66. The molecule has 2 aliphatic rings. The molecule has 0 saturated carbocycles. The highest BCUT2D eigenvalue weighted by Gasteiger charge is 2.46. The molecule has 2 N–H and O–H groups in total. The predicted octanol–water partition coefficient (Wildman–Crippen LogP) is -0.451. The highest BCUT2D eigenvalue weighted by atomic mass is 16.6. The molecule has 2 rings (SSSR count). The van der Waals surface area contributed by atoms with Crippen LogP contribution >= 0.6 is 0 Å². The minimum absolute atomic E-state index is 0.284. The summed E-state index contributed by atoms with van der Waals surface area (Å²) in [6, 6.07) is 0. The fourth-order valence-electron chi connectivity index (χ4n) is 1.66. The predicted molar refractivity (Wildman–Crippen MR) is 53.7 cm³/mol. The monoisotopic (exact) mass is 220 g/mol. The van der Waals surface area contributed by atoms with E-state index in [2.05, 4.69) is 0 Å². The van der Waals surface area contributed by atoms with E-state index in [1.807, 2.05) is 13.8 Å². The van der Waals surface area contributed by atoms with Gasteiger partial charge in [-0.3, -0.25) is 0 Å². The van der Waals surface area contributed by atoms with Crippen molar-refractivity contribution in [2.45, 2.75) is 38.3 Å². The molecule has 2 saturated heterocycles. The van der Waals surface area contributed by atoms with Gasteiger partial charge in [-0.15, -0.1) is 0 Å². The van der Waals surface area contributed by atoms with Gasteiger partial charge in [-0.05, 0) is 13.8 Å². The summed E-state index contributed by atoms with van der Waals surface area (Å²) in [6.45, 7) is 6.23. The lowest BCUT2D eigenvalue weighted by molar-refractivity contribution is 0.00205. The standard InChI is InChI=1S/C6H10O4.C4H10O/c7-3-1-9-6-4(8)2-10-5(3)6;1-3-5-4-2/h3-8H,1-2H2;3-4H2,1-2H3/t3-,4+,5-,6-;/m1./s1. The summed E-state index contributed by atoms with van der Waals surface area (Å²) >= 11 is 0. The molecule has 0 aromatic rings. The summed E-state index contributed by atoms with van der Waals surface area (Å²) in [5, 5.41) is 18.3. The second-order valence-electron chi connectivity index (χ2n) is 3.51. The van der Waals surface area contributed by atoms with Crippen molar-refractivity contribution in [1.29, 1.82) is 0 Å². The van der Waals surface area contributed by atoms with Crippen molar-refractivity contribution in [3.05, 3.63) is 0 Å². The van der Waals surface area contributed by atoms with Crippen LogP contribution < -0.4 is 0 Å². The summed E-state index contributed by atoms with van der Waals surface area (Å²) in [6.07, 6.45) is -1.70. The number of hydrogen-bond donors (Lipinski definition) is 2. The third-order valence-corrected chi connectivity index (χ3v) is 2.41. The molecule has 0 aliphatic carbocycles. The van der Waals surface area contributed by atoms with E-state index in [4.69, 9.17) is 24.4 Å². The largest absolute Gasteiger partial charge is 0.388 e. The average Bonchev–Trinajstić information content (AvgIpc) is 2.75. The van der Waals surface area contributed by atoms with Crippen LogP contribution in [-0.4, -0.2) is 61.1 Å². The van der Waals surface area contributed by atoms with Gasteiger partial charge in [0.15, 0.2) is 0 Å². The zero-order valence-corrected chi connectivity index (χ0v) is 9.26. The van der Waals surface area contributed by atoms with Crippen molar-refractivity contribution in [2.75, 3.05) is 26.4 Å². The molecule has 2 aliphatic heterocycles. The number of ether oxygens (including phenoxy) is 3. The molecule has 90 valence electrons. The molecule has 0 aromatic heterocycles. The Bertz CT molecular complexity index is 157. The van der Waals surface area contributed by atoms with E-state index >= 15 is 0 Å². The van der Waals surface area contributed by atoms with Crippen LogP contribution in [0.2, 0.25) is 0 Å². The lowest BCUT2D eigenvalue weighted by Crippen LogP contribution is -2.30. The van der Waals surface area contributed by atoms with E-state index in [1.54, 1.807) is 0 Å². The molecule has 0 spiro atoms. The van der Waals surface area contributed by atoms with Gasteiger partial charge in [0, 0.05) is 13.2 Å². The first-order chi connectivity index (χ1) is 7.20. The van der Waals surface area contributed by atoms with Crippen molar-refractivity contribution in [3.8, 4) is 0 Å². The second-order valence-corrected chi connectivity index (χ2v) is 3.51. The number of rotatable bonds is 2. The molecule has 2 heterocycles. The Labute approximate surface area is 89.9 Å². The normalized spacial score (nSPS) is 38.4. The third-order valence-electron chi connectivity index (χ3n) is 2.41. The lowest BCUT2D eigenvalue weighted by Gasteiger charge is -2.09. The Hall–Kier alpha value is -0.200. The Morgan fingerprint density at radius 2 is 1.40 bits per heavy atom. The topological polar surface area (TPSA) is 68.2 Å². The van der Waals surface area contributed by atoms with Gasteiger partial charge >= 0.3 is 0 Å². The average molecular weight is 220 g/mol. The number of hydrogen-bond acceptors (Lipinski definition) is 5. The van der Waals surface area contributed by atoms with Crippen LogP contribution in [0.1, 0.15) is 13.8 Å². The van der Waals surface area contributed by atoms with Gasteiger partial charge < -0.3 is 24.4 Å². The molecule has 0 amide bonds. The fraction of sp³-hybridized carbons (Fsp3) is 1.00. The summed E-state index contributed by atoms with van der Waals surface area (Å²) in [5.41, 5.74) is 0. The highest BCUT2D eigenvalue weighted by molar-refractivity contribution is 4.93. The molecule has 5 heteroatoms. The van der Waals surface area contributed by atoms with Crippen LogP contribution in [0.4, 0.5) is 0 Å². The van der Waals surface area contributed by atoms with Gasteiger partial charge in [-0.1, -0.05) is 0 Å². The minimum Gasteiger partial charge on any atom is -0.388 e. The molecule has 0 aromatic carbocycles. The van der Waals surface area contributed by atoms with E-state index in [0.29, 0.717) is 0 Å². The van der Waals surface area contributed by atoms with Gasteiger partial charge in [-0.25, -0.2) is 0 Å². The number of aliphatic hydroxyl groups is 2. The van der Waals surface area contributed by atoms with Gasteiger partial charge in [0.1, 0.15) is 24.4 Å². The summed E-state index contributed by atoms with van der Waals surface area (Å²) in [5.74, 6) is 0. The maximum absolute atomic E-state index is 9.16. The maximum atomic E-state index is 9.16. The Balaban J connectivity index is 0.000000195. The number of fused-ring (bicyclic) bond motifs is 1. The maximum Gasteiger partial charge on any atom is 0.114 e. The van der Waals surface area contributed by atoms with Crippen LogP contribution in [0, 0.1) is 0 Å². The molecule has 4 atom stereocenters. The van der Waals surface area contributed by atoms with Crippen molar-refractivity contribution in [1.82, 2.24) is 0 Å². The van der Waals surface area contributed by atoms with E-state index in [9.17, 15) is 0 Å². The quantitative estimate of drug-likeness (QED) is 0.659. The highest BCUT2D eigenvalue weighted by Crippen LogP contribution is 2.26. The van der Waals surface area contributed by atoms with Crippen LogP contribution in [-0.2, 0) is 14.2 Å². The first-order valence-corrected chi connectivity index (χ1v) is 5.37. The van der Waals surface area contributed by atoms with E-state index in [-0.39, 0.29) is 25.4 Å². The Morgan fingerprint density at radius 1 is 1.00 bits per heavy atom. The van der Waals surface area contributed by atoms with E-state index in [1.165, 1.54) is 0 Å². The molecular weight excluding hydrogens is 200 g/mol. The molecule has 0 unspecified atom stereocenters. The SMILES string of the molecule is CCOCC.O[C@@H]1CO[C@H]2[C@@H]1OC[C@@H]2O. The van der Waals surface area contributed by atoms with Gasteiger partial charge in [0.05, 0.1) is 13.2 Å². The van der Waals surface area contributed by atoms with E-state index < -0.39 is 12.2 Å². The van der Waals surface area contributed by atoms with Crippen molar-refractivity contribution in [3.63, 3.8) is 0 Å². The van der Waals surface area contributed by atoms with Gasteiger partial charge in [0.25, 0.3) is 0 Å². The lowest BCUT2D eigenvalue weighted by atomic mass is 10.1. The molecule has 5 nitrogen and oxygen atoms in total. The molecule has 0 radical (unpaired) electrons. The second kappa shape index (κ2) is 6.40. The molecule has 15 heavy (non-hydrogen) atoms. The van der Waals surface area contributed by atoms with Crippen molar-refractivity contribution >= 4 is 0 Å². The van der Waals surface area contributed by atoms with E-state index in [0.717, 1.165) is 13.2 Å². The Kier molecular flexibility index (Phi) is 5.49. The molecule has 2 fully saturated rings. The van der Waals surface area contributed by atoms with Gasteiger partial charge in [-0.2, -0.15) is 0 Å². The van der Waals surface area contributed by atoms with Crippen LogP contribution in [0.25, 0.3) is 0 Å². The van der Waals surface area contributed by atoms with Crippen LogP contribution in [0.3, 0.4) is 0 Å². The van der Waals surface area contributed by atoms with Crippen molar-refractivity contribution in [2.24, 2.45) is 0 Å². The summed E-state index contributed by atoms with van der Waals surface area (Å²) in [4.78, 5) is 0. The molecular formula is C10H20O5.